The second kappa shape index (κ2) is 9.61. The highest BCUT2D eigenvalue weighted by atomic mass is 19.4. The summed E-state index contributed by atoms with van der Waals surface area (Å²) in [7, 11) is 2.03. The Morgan fingerprint density at radius 1 is 0.862 bits per heavy atom. The highest BCUT2D eigenvalue weighted by molar-refractivity contribution is 5.31. The van der Waals surface area contributed by atoms with Crippen LogP contribution in [-0.2, 0) is 12.7 Å². The maximum absolute atomic E-state index is 13.0. The van der Waals surface area contributed by atoms with E-state index in [-0.39, 0.29) is 11.9 Å². The Hall–Kier alpha value is -2.79. The molecule has 29 heavy (non-hydrogen) atoms. The molecule has 3 aromatic rings. The highest BCUT2D eigenvalue weighted by Gasteiger charge is 2.30. The molecule has 0 heterocycles. The van der Waals surface area contributed by atoms with Crippen LogP contribution in [0, 0.1) is 0 Å². The molecule has 1 unspecified atom stereocenters. The van der Waals surface area contributed by atoms with Crippen LogP contribution in [0.3, 0.4) is 0 Å². The predicted octanol–water partition coefficient (Wildman–Crippen LogP) is 6.35. The minimum Gasteiger partial charge on any atom is -0.486 e. The summed E-state index contributed by atoms with van der Waals surface area (Å²) in [5.41, 5.74) is 1.45. The largest absolute Gasteiger partial charge is 0.486 e. The van der Waals surface area contributed by atoms with Crippen LogP contribution in [0.4, 0.5) is 13.2 Å². The van der Waals surface area contributed by atoms with Crippen molar-refractivity contribution in [2.75, 3.05) is 13.6 Å². The normalized spacial score (nSPS) is 12.7. The summed E-state index contributed by atoms with van der Waals surface area (Å²) in [5.74, 6) is 0.222. The standard InChI is InChI=1S/C24H24F3NO/c1-28(18-19-9-4-2-5-10-19)16-15-23(20-11-6-3-7-12-20)29-22-14-8-13-21(17-22)24(25,26)27/h2-14,17,23H,15-16,18H2,1H3. The van der Waals surface area contributed by atoms with Crippen LogP contribution >= 0.6 is 0 Å². The maximum Gasteiger partial charge on any atom is 0.416 e. The smallest absolute Gasteiger partial charge is 0.416 e. The van der Waals surface area contributed by atoms with Crippen molar-refractivity contribution in [1.29, 1.82) is 0 Å². The number of halogens is 3. The molecule has 2 nitrogen and oxygen atoms in total. The fourth-order valence-electron chi connectivity index (χ4n) is 3.18. The summed E-state index contributed by atoms with van der Waals surface area (Å²) < 4.78 is 45.1. The molecular weight excluding hydrogens is 375 g/mol. The molecule has 1 atom stereocenters. The van der Waals surface area contributed by atoms with E-state index in [0.29, 0.717) is 6.42 Å². The van der Waals surface area contributed by atoms with E-state index in [1.165, 1.54) is 11.6 Å². The molecule has 3 rings (SSSR count). The molecular formula is C24H24F3NO. The lowest BCUT2D eigenvalue weighted by molar-refractivity contribution is -0.137. The highest BCUT2D eigenvalue weighted by Crippen LogP contribution is 2.33. The molecule has 0 saturated carbocycles. The molecule has 3 aromatic carbocycles. The van der Waals surface area contributed by atoms with E-state index in [0.717, 1.165) is 30.8 Å². The summed E-state index contributed by atoms with van der Waals surface area (Å²) in [4.78, 5) is 2.18. The van der Waals surface area contributed by atoms with E-state index >= 15 is 0 Å². The average molecular weight is 399 g/mol. The summed E-state index contributed by atoms with van der Waals surface area (Å²) >= 11 is 0. The Kier molecular flexibility index (Phi) is 6.94. The van der Waals surface area contributed by atoms with Crippen LogP contribution in [0.5, 0.6) is 5.75 Å². The van der Waals surface area contributed by atoms with Crippen LogP contribution in [0.25, 0.3) is 0 Å². The fraction of sp³-hybridized carbons (Fsp3) is 0.250. The SMILES string of the molecule is CN(CCC(Oc1cccc(C(F)(F)F)c1)c1ccccc1)Cc1ccccc1. The van der Waals surface area contributed by atoms with Gasteiger partial charge in [0.2, 0.25) is 0 Å². The van der Waals surface area contributed by atoms with Crippen LogP contribution in [-0.4, -0.2) is 18.5 Å². The van der Waals surface area contributed by atoms with E-state index in [1.54, 1.807) is 6.07 Å². The zero-order chi connectivity index (χ0) is 20.7. The van der Waals surface area contributed by atoms with E-state index < -0.39 is 11.7 Å². The van der Waals surface area contributed by atoms with Gasteiger partial charge in [0.05, 0.1) is 5.56 Å². The van der Waals surface area contributed by atoms with Crippen molar-refractivity contribution in [3.05, 3.63) is 102 Å². The van der Waals surface area contributed by atoms with Crippen LogP contribution < -0.4 is 4.74 Å². The van der Waals surface area contributed by atoms with E-state index in [2.05, 4.69) is 17.0 Å². The third-order valence-electron chi connectivity index (χ3n) is 4.68. The Balaban J connectivity index is 1.70. The number of benzene rings is 3. The van der Waals surface area contributed by atoms with Gasteiger partial charge in [0, 0.05) is 19.5 Å². The minimum atomic E-state index is -4.39. The molecule has 0 aliphatic rings. The molecule has 0 spiro atoms. The Labute approximate surface area is 169 Å². The number of alkyl halides is 3. The van der Waals surface area contributed by atoms with Crippen molar-refractivity contribution >= 4 is 0 Å². The van der Waals surface area contributed by atoms with Gasteiger partial charge in [-0.2, -0.15) is 13.2 Å². The van der Waals surface area contributed by atoms with E-state index in [9.17, 15) is 13.2 Å². The first kappa shape index (κ1) is 20.9. The summed E-state index contributed by atoms with van der Waals surface area (Å²) in [5, 5.41) is 0. The van der Waals surface area contributed by atoms with Crippen molar-refractivity contribution in [2.45, 2.75) is 25.2 Å². The molecule has 0 bridgehead atoms. The number of ether oxygens (including phenoxy) is 1. The van der Waals surface area contributed by atoms with Crippen LogP contribution in [0.15, 0.2) is 84.9 Å². The molecule has 0 aliphatic carbocycles. The number of hydrogen-bond donors (Lipinski definition) is 0. The zero-order valence-electron chi connectivity index (χ0n) is 16.3. The van der Waals surface area contributed by atoms with Crippen LogP contribution in [0.1, 0.15) is 29.2 Å². The summed E-state index contributed by atoms with van der Waals surface area (Å²) in [6, 6.07) is 24.8. The van der Waals surface area contributed by atoms with Gasteiger partial charge in [0.1, 0.15) is 11.9 Å². The Bertz CT molecular complexity index is 881. The van der Waals surface area contributed by atoms with Crippen LogP contribution in [0.2, 0.25) is 0 Å². The second-order valence-electron chi connectivity index (χ2n) is 7.05. The topological polar surface area (TPSA) is 12.5 Å². The average Bonchev–Trinajstić information content (AvgIpc) is 2.72. The quantitative estimate of drug-likeness (QED) is 0.438. The predicted molar refractivity (Wildman–Crippen MR) is 109 cm³/mol. The zero-order valence-corrected chi connectivity index (χ0v) is 16.3. The van der Waals surface area contributed by atoms with Gasteiger partial charge in [-0.3, -0.25) is 0 Å². The van der Waals surface area contributed by atoms with Gasteiger partial charge in [-0.15, -0.1) is 0 Å². The monoisotopic (exact) mass is 399 g/mol. The molecule has 0 aromatic heterocycles. The fourth-order valence-corrected chi connectivity index (χ4v) is 3.18. The molecule has 0 saturated heterocycles. The number of hydrogen-bond acceptors (Lipinski definition) is 2. The third-order valence-corrected chi connectivity index (χ3v) is 4.68. The molecule has 0 N–H and O–H groups in total. The van der Waals surface area contributed by atoms with Crippen molar-refractivity contribution in [2.24, 2.45) is 0 Å². The number of rotatable bonds is 8. The lowest BCUT2D eigenvalue weighted by Gasteiger charge is -2.24. The number of nitrogens with zero attached hydrogens (tertiary/aromatic N) is 1. The van der Waals surface area contributed by atoms with Crippen molar-refractivity contribution in [1.82, 2.24) is 4.90 Å². The maximum atomic E-state index is 13.0. The van der Waals surface area contributed by atoms with Gasteiger partial charge in [0.15, 0.2) is 0 Å². The summed E-state index contributed by atoms with van der Waals surface area (Å²) in [6.07, 6.45) is -4.07. The first-order valence-corrected chi connectivity index (χ1v) is 9.53. The van der Waals surface area contributed by atoms with Crippen molar-refractivity contribution in [3.63, 3.8) is 0 Å². The van der Waals surface area contributed by atoms with Gasteiger partial charge >= 0.3 is 6.18 Å². The molecule has 0 amide bonds. The second-order valence-corrected chi connectivity index (χ2v) is 7.05. The lowest BCUT2D eigenvalue weighted by atomic mass is 10.1. The van der Waals surface area contributed by atoms with Gasteiger partial charge in [-0.25, -0.2) is 0 Å². The molecule has 0 fully saturated rings. The van der Waals surface area contributed by atoms with Crippen molar-refractivity contribution in [3.8, 4) is 5.75 Å². The Morgan fingerprint density at radius 2 is 1.52 bits per heavy atom. The van der Waals surface area contributed by atoms with Gasteiger partial charge in [0.25, 0.3) is 0 Å². The van der Waals surface area contributed by atoms with Crippen molar-refractivity contribution < 1.29 is 17.9 Å². The van der Waals surface area contributed by atoms with Gasteiger partial charge in [-0.1, -0.05) is 66.7 Å². The first-order valence-electron chi connectivity index (χ1n) is 9.53. The molecule has 152 valence electrons. The molecule has 0 aliphatic heterocycles. The van der Waals surface area contributed by atoms with E-state index in [4.69, 9.17) is 4.74 Å². The van der Waals surface area contributed by atoms with Gasteiger partial charge in [-0.05, 0) is 36.4 Å². The Morgan fingerprint density at radius 3 is 2.17 bits per heavy atom. The van der Waals surface area contributed by atoms with E-state index in [1.807, 2.05) is 55.6 Å². The molecule has 5 heteroatoms. The van der Waals surface area contributed by atoms with Gasteiger partial charge < -0.3 is 9.64 Å². The summed E-state index contributed by atoms with van der Waals surface area (Å²) in [6.45, 7) is 1.54. The molecule has 0 radical (unpaired) electrons. The third kappa shape index (κ3) is 6.36. The minimum absolute atomic E-state index is 0.222. The first-order chi connectivity index (χ1) is 13.9. The lowest BCUT2D eigenvalue weighted by Crippen LogP contribution is -2.22.